The average molecular weight is 390 g/mol. The van der Waals surface area contributed by atoms with E-state index in [2.05, 4.69) is 41.2 Å². The number of piperazine rings is 1. The monoisotopic (exact) mass is 389 g/mol. The summed E-state index contributed by atoms with van der Waals surface area (Å²) in [5.41, 5.74) is 0.952. The second-order valence-electron chi connectivity index (χ2n) is 7.38. The Labute approximate surface area is 169 Å². The molecule has 1 fully saturated rings. The number of rotatable bonds is 6. The van der Waals surface area contributed by atoms with Crippen LogP contribution in [0.2, 0.25) is 0 Å². The molecule has 7 nitrogen and oxygen atoms in total. The number of likely N-dealkylation sites (N-methyl/N-ethyl adjacent to an activating group) is 1. The van der Waals surface area contributed by atoms with Crippen LogP contribution in [-0.4, -0.2) is 80.8 Å². The molecule has 0 spiro atoms. The fourth-order valence-corrected chi connectivity index (χ4v) is 3.54. The molecule has 1 saturated heterocycles. The van der Waals surface area contributed by atoms with Crippen molar-refractivity contribution in [1.82, 2.24) is 15.1 Å². The van der Waals surface area contributed by atoms with Crippen molar-refractivity contribution < 1.29 is 9.47 Å². The number of anilines is 1. The molecule has 1 unspecified atom stereocenters. The average Bonchev–Trinajstić information content (AvgIpc) is 2.97. The van der Waals surface area contributed by atoms with Crippen LogP contribution in [0.4, 0.5) is 5.69 Å². The molecule has 0 radical (unpaired) electrons. The van der Waals surface area contributed by atoms with Gasteiger partial charge < -0.3 is 25.0 Å². The summed E-state index contributed by atoms with van der Waals surface area (Å²) >= 11 is 0. The maximum atomic E-state index is 5.79. The third-order valence-corrected chi connectivity index (χ3v) is 5.35. The summed E-state index contributed by atoms with van der Waals surface area (Å²) in [5.74, 6) is 2.40. The molecule has 1 aromatic carbocycles. The molecule has 0 aliphatic carbocycles. The molecular weight excluding hydrogens is 354 g/mol. The molecular formula is C21H35N5O2. The van der Waals surface area contributed by atoms with E-state index in [0.29, 0.717) is 19.3 Å². The van der Waals surface area contributed by atoms with Crippen LogP contribution in [0.15, 0.2) is 23.2 Å². The van der Waals surface area contributed by atoms with Gasteiger partial charge in [-0.2, -0.15) is 0 Å². The van der Waals surface area contributed by atoms with Gasteiger partial charge in [0.1, 0.15) is 0 Å². The Balaban J connectivity index is 1.59. The minimum absolute atomic E-state index is 0.429. The lowest BCUT2D eigenvalue weighted by Gasteiger charge is -2.37. The van der Waals surface area contributed by atoms with Crippen molar-refractivity contribution in [2.75, 3.05) is 64.3 Å². The van der Waals surface area contributed by atoms with Crippen molar-refractivity contribution in [2.24, 2.45) is 4.99 Å². The molecule has 2 aliphatic rings. The molecule has 28 heavy (non-hydrogen) atoms. The molecule has 2 heterocycles. The van der Waals surface area contributed by atoms with Gasteiger partial charge in [0.25, 0.3) is 0 Å². The summed E-state index contributed by atoms with van der Waals surface area (Å²) in [5, 5.41) is 6.74. The molecule has 0 aromatic heterocycles. The summed E-state index contributed by atoms with van der Waals surface area (Å²) < 4.78 is 11.5. The topological polar surface area (TPSA) is 61.4 Å². The molecule has 2 aliphatic heterocycles. The number of benzene rings is 1. The zero-order valence-electron chi connectivity index (χ0n) is 17.5. The van der Waals surface area contributed by atoms with E-state index >= 15 is 0 Å². The Morgan fingerprint density at radius 1 is 1.11 bits per heavy atom. The first kappa shape index (κ1) is 20.7. The van der Waals surface area contributed by atoms with Crippen LogP contribution < -0.4 is 20.1 Å². The molecule has 0 amide bonds. The predicted molar refractivity (Wildman–Crippen MR) is 115 cm³/mol. The number of guanidine groups is 1. The smallest absolute Gasteiger partial charge is 0.195 e. The first-order valence-corrected chi connectivity index (χ1v) is 10.6. The lowest BCUT2D eigenvalue weighted by Crippen LogP contribution is -2.50. The number of hydrogen-bond donors (Lipinski definition) is 2. The van der Waals surface area contributed by atoms with Gasteiger partial charge in [0.15, 0.2) is 17.5 Å². The number of nitrogens with zero attached hydrogens (tertiary/aromatic N) is 3. The molecule has 0 bridgehead atoms. The summed E-state index contributed by atoms with van der Waals surface area (Å²) in [6, 6.07) is 6.38. The van der Waals surface area contributed by atoms with E-state index in [1.165, 1.54) is 0 Å². The number of aliphatic imine (C=N–C) groups is 1. The van der Waals surface area contributed by atoms with Gasteiger partial charge in [-0.15, -0.1) is 0 Å². The Hall–Kier alpha value is -1.99. The van der Waals surface area contributed by atoms with Gasteiger partial charge in [-0.25, -0.2) is 0 Å². The molecule has 1 aromatic rings. The Kier molecular flexibility index (Phi) is 7.80. The fourth-order valence-electron chi connectivity index (χ4n) is 3.54. The lowest BCUT2D eigenvalue weighted by molar-refractivity contribution is 0.109. The zero-order valence-corrected chi connectivity index (χ0v) is 17.5. The van der Waals surface area contributed by atoms with Gasteiger partial charge in [0, 0.05) is 56.9 Å². The van der Waals surface area contributed by atoms with Crippen molar-refractivity contribution in [1.29, 1.82) is 0 Å². The van der Waals surface area contributed by atoms with Crippen LogP contribution in [0.3, 0.4) is 0 Å². The van der Waals surface area contributed by atoms with Crippen molar-refractivity contribution in [3.05, 3.63) is 18.2 Å². The standard InChI is InChI=1S/C21H35N5O2/c1-4-22-21(23-16-17(3)26-11-9-25(5-2)10-12-26)24-18-7-8-19-20(15-18)28-14-6-13-27-19/h7-8,15,17H,4-6,9-14,16H2,1-3H3,(H2,22,23,24). The minimum atomic E-state index is 0.429. The van der Waals surface area contributed by atoms with E-state index in [0.717, 1.165) is 75.4 Å². The molecule has 0 saturated carbocycles. The van der Waals surface area contributed by atoms with Crippen molar-refractivity contribution >= 4 is 11.6 Å². The summed E-state index contributed by atoms with van der Waals surface area (Å²) in [7, 11) is 0. The summed E-state index contributed by atoms with van der Waals surface area (Å²) in [6.07, 6.45) is 0.909. The van der Waals surface area contributed by atoms with Gasteiger partial charge in [0.05, 0.1) is 19.8 Å². The number of fused-ring (bicyclic) bond motifs is 1. The highest BCUT2D eigenvalue weighted by Crippen LogP contribution is 2.32. The normalized spacial score (nSPS) is 19.8. The van der Waals surface area contributed by atoms with Gasteiger partial charge in [-0.3, -0.25) is 9.89 Å². The van der Waals surface area contributed by atoms with Crippen LogP contribution >= 0.6 is 0 Å². The van der Waals surface area contributed by atoms with Crippen LogP contribution in [-0.2, 0) is 0 Å². The highest BCUT2D eigenvalue weighted by Gasteiger charge is 2.20. The highest BCUT2D eigenvalue weighted by molar-refractivity contribution is 5.93. The number of hydrogen-bond acceptors (Lipinski definition) is 5. The largest absolute Gasteiger partial charge is 0.490 e. The maximum Gasteiger partial charge on any atom is 0.195 e. The van der Waals surface area contributed by atoms with E-state index in [1.54, 1.807) is 0 Å². The third-order valence-electron chi connectivity index (χ3n) is 5.35. The summed E-state index contributed by atoms with van der Waals surface area (Å²) in [4.78, 5) is 9.86. The van der Waals surface area contributed by atoms with Crippen molar-refractivity contribution in [3.63, 3.8) is 0 Å². The van der Waals surface area contributed by atoms with Crippen LogP contribution in [0.1, 0.15) is 27.2 Å². The van der Waals surface area contributed by atoms with Gasteiger partial charge in [-0.05, 0) is 32.5 Å². The van der Waals surface area contributed by atoms with E-state index in [4.69, 9.17) is 14.5 Å². The predicted octanol–water partition coefficient (Wildman–Crippen LogP) is 2.25. The van der Waals surface area contributed by atoms with Gasteiger partial charge in [0.2, 0.25) is 0 Å². The van der Waals surface area contributed by atoms with E-state index in [9.17, 15) is 0 Å². The molecule has 156 valence electrons. The molecule has 7 heteroatoms. The second-order valence-corrected chi connectivity index (χ2v) is 7.38. The van der Waals surface area contributed by atoms with E-state index in [-0.39, 0.29) is 0 Å². The van der Waals surface area contributed by atoms with Gasteiger partial charge in [-0.1, -0.05) is 6.92 Å². The first-order chi connectivity index (χ1) is 13.7. The summed E-state index contributed by atoms with van der Waals surface area (Å²) in [6.45, 7) is 15.3. The SMILES string of the molecule is CCNC(=NCC(C)N1CCN(CC)CC1)Nc1ccc2c(c1)OCCCO2. The van der Waals surface area contributed by atoms with Gasteiger partial charge >= 0.3 is 0 Å². The molecule has 3 rings (SSSR count). The van der Waals surface area contributed by atoms with Crippen LogP contribution in [0.25, 0.3) is 0 Å². The van der Waals surface area contributed by atoms with E-state index < -0.39 is 0 Å². The number of nitrogens with one attached hydrogen (secondary N) is 2. The molecule has 2 N–H and O–H groups in total. The highest BCUT2D eigenvalue weighted by atomic mass is 16.5. The maximum absolute atomic E-state index is 5.79. The lowest BCUT2D eigenvalue weighted by atomic mass is 10.2. The number of ether oxygens (including phenoxy) is 2. The van der Waals surface area contributed by atoms with Crippen molar-refractivity contribution in [2.45, 2.75) is 33.2 Å². The molecule has 1 atom stereocenters. The Bertz CT molecular complexity index is 644. The quantitative estimate of drug-likeness (QED) is 0.575. The first-order valence-electron chi connectivity index (χ1n) is 10.6. The van der Waals surface area contributed by atoms with E-state index in [1.807, 2.05) is 18.2 Å². The Morgan fingerprint density at radius 2 is 1.86 bits per heavy atom. The van der Waals surface area contributed by atoms with Crippen LogP contribution in [0.5, 0.6) is 11.5 Å². The minimum Gasteiger partial charge on any atom is -0.490 e. The third kappa shape index (κ3) is 5.75. The Morgan fingerprint density at radius 3 is 2.57 bits per heavy atom. The van der Waals surface area contributed by atoms with Crippen molar-refractivity contribution in [3.8, 4) is 11.5 Å². The second kappa shape index (κ2) is 10.5. The zero-order chi connectivity index (χ0) is 19.8. The van der Waals surface area contributed by atoms with Crippen LogP contribution in [0, 0.1) is 0 Å². The fraction of sp³-hybridized carbons (Fsp3) is 0.667.